The van der Waals surface area contributed by atoms with Gasteiger partial charge in [0.05, 0.1) is 11.4 Å². The summed E-state index contributed by atoms with van der Waals surface area (Å²) >= 11 is 0. The highest BCUT2D eigenvalue weighted by molar-refractivity contribution is 5.94. The summed E-state index contributed by atoms with van der Waals surface area (Å²) in [5.74, 6) is -0.961. The average Bonchev–Trinajstić information content (AvgIpc) is 2.69. The lowest BCUT2D eigenvalue weighted by Crippen LogP contribution is -2.42. The Balaban J connectivity index is 1.57. The summed E-state index contributed by atoms with van der Waals surface area (Å²) in [6.07, 6.45) is 4.29. The number of benzene rings is 1. The lowest BCUT2D eigenvalue weighted by Gasteiger charge is -2.41. The van der Waals surface area contributed by atoms with Crippen LogP contribution in [-0.4, -0.2) is 27.6 Å². The molecule has 2 aromatic heterocycles. The Morgan fingerprint density at radius 2 is 1.97 bits per heavy atom. The minimum Gasteiger partial charge on any atom is -0.368 e. The fourth-order valence-electron chi connectivity index (χ4n) is 3.83. The molecule has 0 atom stereocenters. The van der Waals surface area contributed by atoms with Crippen molar-refractivity contribution in [2.24, 2.45) is 5.73 Å². The average molecular weight is 409 g/mol. The Kier molecular flexibility index (Phi) is 5.15. The zero-order chi connectivity index (χ0) is 21.3. The van der Waals surface area contributed by atoms with E-state index in [0.717, 1.165) is 19.3 Å². The standard InChI is InChI=1S/C22H21F2N5O/c1-13-10-18(27-12-22(7-3-8-22)20-17(24)4-2-9-26-20)28-29-19(13)15-11-14(21(25)30)5-6-16(15)23/h2,4-6,9-11H,3,7-8,12H2,1H3,(H2,25,30)(H,27,28). The predicted octanol–water partition coefficient (Wildman–Crippen LogP) is 3.76. The van der Waals surface area contributed by atoms with E-state index in [1.807, 2.05) is 0 Å². The highest BCUT2D eigenvalue weighted by Crippen LogP contribution is 2.43. The molecule has 0 bridgehead atoms. The largest absolute Gasteiger partial charge is 0.368 e. The van der Waals surface area contributed by atoms with Gasteiger partial charge < -0.3 is 11.1 Å². The van der Waals surface area contributed by atoms with Crippen molar-refractivity contribution in [2.45, 2.75) is 31.6 Å². The third kappa shape index (κ3) is 3.60. The van der Waals surface area contributed by atoms with E-state index in [-0.39, 0.29) is 22.4 Å². The van der Waals surface area contributed by atoms with E-state index < -0.39 is 11.7 Å². The van der Waals surface area contributed by atoms with Crippen molar-refractivity contribution in [1.29, 1.82) is 0 Å². The lowest BCUT2D eigenvalue weighted by molar-refractivity contribution is 0.100. The maximum atomic E-state index is 14.3. The van der Waals surface area contributed by atoms with E-state index in [1.165, 1.54) is 24.3 Å². The number of aryl methyl sites for hydroxylation is 1. The zero-order valence-corrected chi connectivity index (χ0v) is 16.5. The maximum Gasteiger partial charge on any atom is 0.248 e. The monoisotopic (exact) mass is 409 g/mol. The second-order valence-corrected chi connectivity index (χ2v) is 7.64. The first-order chi connectivity index (χ1) is 14.4. The summed E-state index contributed by atoms with van der Waals surface area (Å²) < 4.78 is 28.6. The molecule has 8 heteroatoms. The molecule has 1 aliphatic rings. The van der Waals surface area contributed by atoms with Crippen molar-refractivity contribution in [3.8, 4) is 11.3 Å². The molecule has 2 heterocycles. The number of amides is 1. The molecule has 3 aromatic rings. The van der Waals surface area contributed by atoms with E-state index in [2.05, 4.69) is 20.5 Å². The van der Waals surface area contributed by atoms with Gasteiger partial charge >= 0.3 is 0 Å². The molecule has 0 radical (unpaired) electrons. The van der Waals surface area contributed by atoms with Gasteiger partial charge in [0.1, 0.15) is 17.5 Å². The van der Waals surface area contributed by atoms with Crippen LogP contribution >= 0.6 is 0 Å². The minimum absolute atomic E-state index is 0.161. The fourth-order valence-corrected chi connectivity index (χ4v) is 3.83. The molecule has 0 unspecified atom stereocenters. The van der Waals surface area contributed by atoms with Crippen LogP contribution in [0.3, 0.4) is 0 Å². The number of nitrogens with zero attached hydrogens (tertiary/aromatic N) is 3. The molecular weight excluding hydrogens is 388 g/mol. The third-order valence-corrected chi connectivity index (χ3v) is 5.67. The van der Waals surface area contributed by atoms with Crippen LogP contribution in [0.4, 0.5) is 14.6 Å². The molecule has 1 aromatic carbocycles. The van der Waals surface area contributed by atoms with Crippen LogP contribution in [0, 0.1) is 18.6 Å². The number of carbonyl (C=O) groups excluding carboxylic acids is 1. The smallest absolute Gasteiger partial charge is 0.248 e. The maximum absolute atomic E-state index is 14.3. The van der Waals surface area contributed by atoms with Crippen molar-refractivity contribution in [3.63, 3.8) is 0 Å². The molecule has 1 amide bonds. The van der Waals surface area contributed by atoms with Crippen LogP contribution in [0.1, 0.15) is 40.9 Å². The third-order valence-electron chi connectivity index (χ3n) is 5.67. The summed E-state index contributed by atoms with van der Waals surface area (Å²) in [4.78, 5) is 15.7. The topological polar surface area (TPSA) is 93.8 Å². The van der Waals surface area contributed by atoms with E-state index in [9.17, 15) is 13.6 Å². The molecule has 0 saturated heterocycles. The number of nitrogens with one attached hydrogen (secondary N) is 1. The Bertz CT molecular complexity index is 1110. The molecule has 30 heavy (non-hydrogen) atoms. The summed E-state index contributed by atoms with van der Waals surface area (Å²) in [7, 11) is 0. The van der Waals surface area contributed by atoms with Crippen molar-refractivity contribution in [2.75, 3.05) is 11.9 Å². The van der Waals surface area contributed by atoms with Crippen molar-refractivity contribution in [3.05, 3.63) is 71.1 Å². The number of hydrogen-bond acceptors (Lipinski definition) is 5. The van der Waals surface area contributed by atoms with Gasteiger partial charge in [-0.1, -0.05) is 6.42 Å². The van der Waals surface area contributed by atoms with Gasteiger partial charge in [0.2, 0.25) is 5.91 Å². The number of primary amides is 1. The second kappa shape index (κ2) is 7.78. The number of pyridine rings is 1. The normalized spacial score (nSPS) is 14.8. The van der Waals surface area contributed by atoms with Crippen LogP contribution in [0.2, 0.25) is 0 Å². The van der Waals surface area contributed by atoms with Crippen LogP contribution in [0.25, 0.3) is 11.3 Å². The molecule has 1 fully saturated rings. The number of anilines is 1. The van der Waals surface area contributed by atoms with Crippen molar-refractivity contribution < 1.29 is 13.6 Å². The van der Waals surface area contributed by atoms with E-state index in [4.69, 9.17) is 5.73 Å². The van der Waals surface area contributed by atoms with Crippen molar-refractivity contribution >= 4 is 11.7 Å². The molecule has 4 rings (SSSR count). The number of rotatable bonds is 6. The first-order valence-electron chi connectivity index (χ1n) is 9.68. The number of carbonyl (C=O) groups is 1. The quantitative estimate of drug-likeness (QED) is 0.647. The number of hydrogen-bond donors (Lipinski definition) is 2. The van der Waals surface area contributed by atoms with Crippen LogP contribution in [-0.2, 0) is 5.41 Å². The number of nitrogens with two attached hydrogens (primary N) is 1. The molecule has 6 nitrogen and oxygen atoms in total. The molecule has 1 aliphatic carbocycles. The van der Waals surface area contributed by atoms with Crippen LogP contribution < -0.4 is 11.1 Å². The Hall–Kier alpha value is -3.42. The summed E-state index contributed by atoms with van der Waals surface area (Å²) in [5.41, 5.74) is 6.75. The van der Waals surface area contributed by atoms with Crippen molar-refractivity contribution in [1.82, 2.24) is 15.2 Å². The minimum atomic E-state index is -0.646. The van der Waals surface area contributed by atoms with E-state index in [0.29, 0.717) is 29.3 Å². The van der Waals surface area contributed by atoms with Gasteiger partial charge in [-0.2, -0.15) is 0 Å². The molecule has 3 N–H and O–H groups in total. The second-order valence-electron chi connectivity index (χ2n) is 7.64. The fraction of sp³-hybridized carbons (Fsp3) is 0.273. The number of aromatic nitrogens is 3. The zero-order valence-electron chi connectivity index (χ0n) is 16.5. The molecule has 0 spiro atoms. The molecule has 0 aliphatic heterocycles. The van der Waals surface area contributed by atoms with Gasteiger partial charge in [0, 0.05) is 29.3 Å². The Labute approximate surface area is 172 Å². The summed E-state index contributed by atoms with van der Waals surface area (Å²) in [6.45, 7) is 2.25. The Morgan fingerprint density at radius 1 is 1.17 bits per heavy atom. The van der Waals surface area contributed by atoms with Gasteiger partial charge in [-0.25, -0.2) is 8.78 Å². The first-order valence-corrected chi connectivity index (χ1v) is 9.68. The predicted molar refractivity (Wildman–Crippen MR) is 109 cm³/mol. The van der Waals surface area contributed by atoms with Gasteiger partial charge in [0.15, 0.2) is 0 Å². The summed E-state index contributed by atoms with van der Waals surface area (Å²) in [6, 6.07) is 8.64. The van der Waals surface area contributed by atoms with Gasteiger partial charge in [-0.3, -0.25) is 9.78 Å². The molecular formula is C22H21F2N5O. The van der Waals surface area contributed by atoms with Crippen LogP contribution in [0.15, 0.2) is 42.6 Å². The SMILES string of the molecule is Cc1cc(NCC2(c3ncccc3F)CCC2)nnc1-c1cc(C(N)=O)ccc1F. The number of halogens is 2. The van der Waals surface area contributed by atoms with Crippen LogP contribution in [0.5, 0.6) is 0 Å². The van der Waals surface area contributed by atoms with E-state index in [1.54, 1.807) is 25.3 Å². The first kappa shape index (κ1) is 19.9. The van der Waals surface area contributed by atoms with E-state index >= 15 is 0 Å². The summed E-state index contributed by atoms with van der Waals surface area (Å²) in [5, 5.41) is 11.5. The van der Waals surface area contributed by atoms with Gasteiger partial charge in [-0.15, -0.1) is 10.2 Å². The van der Waals surface area contributed by atoms with Gasteiger partial charge in [-0.05, 0) is 61.7 Å². The molecule has 154 valence electrons. The highest BCUT2D eigenvalue weighted by Gasteiger charge is 2.41. The Morgan fingerprint density at radius 3 is 2.60 bits per heavy atom. The lowest BCUT2D eigenvalue weighted by atomic mass is 9.66. The van der Waals surface area contributed by atoms with Gasteiger partial charge in [0.25, 0.3) is 0 Å². The highest BCUT2D eigenvalue weighted by atomic mass is 19.1. The molecule has 1 saturated carbocycles.